The molecule has 2 nitrogen and oxygen atoms in total. The lowest BCUT2D eigenvalue weighted by Gasteiger charge is -2.19. The molecular weight excluding hydrogens is 232 g/mol. The van der Waals surface area contributed by atoms with Gasteiger partial charge in [-0.2, -0.15) is 0 Å². The zero-order chi connectivity index (χ0) is 14.3. The summed E-state index contributed by atoms with van der Waals surface area (Å²) in [5.74, 6) is 0. The third-order valence-electron chi connectivity index (χ3n) is 3.11. The predicted molar refractivity (Wildman–Crippen MR) is 81.4 cm³/mol. The van der Waals surface area contributed by atoms with Gasteiger partial charge < -0.3 is 0 Å². The molecule has 0 aliphatic heterocycles. The lowest BCUT2D eigenvalue weighted by Crippen LogP contribution is -2.14. The van der Waals surface area contributed by atoms with Crippen molar-refractivity contribution in [1.82, 2.24) is 9.97 Å². The van der Waals surface area contributed by atoms with E-state index < -0.39 is 0 Å². The van der Waals surface area contributed by atoms with Crippen molar-refractivity contribution in [2.24, 2.45) is 5.41 Å². The Labute approximate surface area is 116 Å². The molecule has 0 saturated carbocycles. The summed E-state index contributed by atoms with van der Waals surface area (Å²) in [5.41, 5.74) is 4.71. The number of hydrogen-bond donors (Lipinski definition) is 0. The van der Waals surface area contributed by atoms with Gasteiger partial charge in [0.25, 0.3) is 0 Å². The molecule has 0 N–H and O–H groups in total. The van der Waals surface area contributed by atoms with E-state index in [-0.39, 0.29) is 5.41 Å². The Morgan fingerprint density at radius 3 is 2.21 bits per heavy atom. The van der Waals surface area contributed by atoms with Gasteiger partial charge in [-0.1, -0.05) is 47.6 Å². The Morgan fingerprint density at radius 1 is 0.947 bits per heavy atom. The van der Waals surface area contributed by atoms with Crippen molar-refractivity contribution in [3.63, 3.8) is 0 Å². The van der Waals surface area contributed by atoms with Crippen LogP contribution in [0.4, 0.5) is 0 Å². The maximum atomic E-state index is 4.77. The number of fused-ring (bicyclic) bond motifs is 1. The number of rotatable bonds is 1. The van der Waals surface area contributed by atoms with Gasteiger partial charge >= 0.3 is 0 Å². The summed E-state index contributed by atoms with van der Waals surface area (Å²) in [7, 11) is 0. The molecule has 0 saturated heterocycles. The second-order valence-corrected chi connectivity index (χ2v) is 7.57. The van der Waals surface area contributed by atoms with Gasteiger partial charge in [0.2, 0.25) is 0 Å². The smallest absolute Gasteiger partial charge is 0.0893 e. The quantitative estimate of drug-likeness (QED) is 0.750. The molecule has 0 radical (unpaired) electrons. The van der Waals surface area contributed by atoms with Gasteiger partial charge in [0.15, 0.2) is 0 Å². The minimum atomic E-state index is 0.0429. The first kappa shape index (κ1) is 14.0. The van der Waals surface area contributed by atoms with E-state index in [9.17, 15) is 0 Å². The number of aromatic nitrogens is 2. The first-order chi connectivity index (χ1) is 8.65. The van der Waals surface area contributed by atoms with Gasteiger partial charge in [-0.05, 0) is 29.5 Å². The van der Waals surface area contributed by atoms with E-state index >= 15 is 0 Å². The van der Waals surface area contributed by atoms with Crippen molar-refractivity contribution < 1.29 is 0 Å². The SMILES string of the molecule is CC(C)(C)Cc1ccc2ncc(C(C)(C)C)nc2c1. The Hall–Kier alpha value is -1.44. The molecule has 0 unspecified atom stereocenters. The Kier molecular flexibility index (Phi) is 3.38. The molecule has 0 spiro atoms. The van der Waals surface area contributed by atoms with E-state index in [4.69, 9.17) is 4.98 Å². The minimum absolute atomic E-state index is 0.0429. The van der Waals surface area contributed by atoms with E-state index in [0.717, 1.165) is 23.1 Å². The maximum absolute atomic E-state index is 4.77. The van der Waals surface area contributed by atoms with Crippen molar-refractivity contribution in [2.75, 3.05) is 0 Å². The summed E-state index contributed by atoms with van der Waals surface area (Å²) in [6.45, 7) is 13.3. The first-order valence-corrected chi connectivity index (χ1v) is 6.91. The molecule has 1 aromatic heterocycles. The van der Waals surface area contributed by atoms with Gasteiger partial charge in [0, 0.05) is 11.6 Å². The van der Waals surface area contributed by atoms with E-state index in [0.29, 0.717) is 5.41 Å². The van der Waals surface area contributed by atoms with Crippen LogP contribution in [-0.4, -0.2) is 9.97 Å². The number of nitrogens with zero attached hydrogens (tertiary/aromatic N) is 2. The van der Waals surface area contributed by atoms with Crippen molar-refractivity contribution in [3.05, 3.63) is 35.7 Å². The van der Waals surface area contributed by atoms with Gasteiger partial charge in [0.05, 0.1) is 16.7 Å². The standard InChI is InChI=1S/C17H24N2/c1-16(2,3)10-12-7-8-13-14(9-12)19-15(11-18-13)17(4,5)6/h7-9,11H,10H2,1-6H3. The fourth-order valence-corrected chi connectivity index (χ4v) is 2.14. The largest absolute Gasteiger partial charge is 0.253 e. The molecule has 19 heavy (non-hydrogen) atoms. The fraction of sp³-hybridized carbons (Fsp3) is 0.529. The van der Waals surface area contributed by atoms with Crippen molar-refractivity contribution in [2.45, 2.75) is 53.4 Å². The molecule has 1 aromatic carbocycles. The van der Waals surface area contributed by atoms with Crippen LogP contribution >= 0.6 is 0 Å². The molecule has 1 heterocycles. The molecule has 0 atom stereocenters. The van der Waals surface area contributed by atoms with E-state index in [2.05, 4.69) is 64.7 Å². The van der Waals surface area contributed by atoms with Crippen LogP contribution in [0.1, 0.15) is 52.8 Å². The molecular formula is C17H24N2. The highest BCUT2D eigenvalue weighted by molar-refractivity contribution is 5.75. The van der Waals surface area contributed by atoms with Crippen molar-refractivity contribution in [3.8, 4) is 0 Å². The molecule has 0 bridgehead atoms. The van der Waals surface area contributed by atoms with E-state index in [1.165, 1.54) is 5.56 Å². The van der Waals surface area contributed by atoms with Gasteiger partial charge in [-0.25, -0.2) is 4.98 Å². The summed E-state index contributed by atoms with van der Waals surface area (Å²) >= 11 is 0. The second kappa shape index (κ2) is 4.59. The second-order valence-electron chi connectivity index (χ2n) is 7.57. The molecule has 0 aliphatic carbocycles. The number of benzene rings is 1. The average Bonchev–Trinajstić information content (AvgIpc) is 2.24. The highest BCUT2D eigenvalue weighted by atomic mass is 14.8. The van der Waals surface area contributed by atoms with Crippen molar-refractivity contribution in [1.29, 1.82) is 0 Å². The van der Waals surface area contributed by atoms with Crippen LogP contribution in [-0.2, 0) is 11.8 Å². The van der Waals surface area contributed by atoms with Crippen LogP contribution in [0, 0.1) is 5.41 Å². The highest BCUT2D eigenvalue weighted by Crippen LogP contribution is 2.24. The lowest BCUT2D eigenvalue weighted by molar-refractivity contribution is 0.411. The average molecular weight is 256 g/mol. The Bertz CT molecular complexity index is 586. The third-order valence-corrected chi connectivity index (χ3v) is 3.11. The van der Waals surface area contributed by atoms with Gasteiger partial charge in [-0.3, -0.25) is 4.98 Å². The zero-order valence-corrected chi connectivity index (χ0v) is 12.9. The molecule has 2 rings (SSSR count). The summed E-state index contributed by atoms with van der Waals surface area (Å²) in [6, 6.07) is 6.43. The molecule has 0 aliphatic rings. The van der Waals surface area contributed by atoms with E-state index in [1.807, 2.05) is 6.20 Å². The van der Waals surface area contributed by atoms with Crippen LogP contribution in [0.15, 0.2) is 24.4 Å². The maximum Gasteiger partial charge on any atom is 0.0893 e. The summed E-state index contributed by atoms with van der Waals surface area (Å²) in [5, 5.41) is 0. The molecule has 0 fully saturated rings. The van der Waals surface area contributed by atoms with Gasteiger partial charge in [-0.15, -0.1) is 0 Å². The summed E-state index contributed by atoms with van der Waals surface area (Å²) in [6.07, 6.45) is 2.95. The number of hydrogen-bond acceptors (Lipinski definition) is 2. The van der Waals surface area contributed by atoms with E-state index in [1.54, 1.807) is 0 Å². The topological polar surface area (TPSA) is 25.8 Å². The third kappa shape index (κ3) is 3.52. The molecule has 0 amide bonds. The summed E-state index contributed by atoms with van der Waals surface area (Å²) < 4.78 is 0. The summed E-state index contributed by atoms with van der Waals surface area (Å²) in [4.78, 5) is 9.30. The normalized spacial score (nSPS) is 12.9. The Balaban J connectivity index is 2.46. The first-order valence-electron chi connectivity index (χ1n) is 6.91. The predicted octanol–water partition coefficient (Wildman–Crippen LogP) is 4.52. The van der Waals surface area contributed by atoms with Crippen LogP contribution < -0.4 is 0 Å². The lowest BCUT2D eigenvalue weighted by atomic mass is 9.88. The molecule has 102 valence electrons. The van der Waals surface area contributed by atoms with Crippen LogP contribution in [0.25, 0.3) is 11.0 Å². The van der Waals surface area contributed by atoms with Crippen LogP contribution in [0.3, 0.4) is 0 Å². The fourth-order valence-electron chi connectivity index (χ4n) is 2.14. The van der Waals surface area contributed by atoms with Crippen molar-refractivity contribution >= 4 is 11.0 Å². The monoisotopic (exact) mass is 256 g/mol. The highest BCUT2D eigenvalue weighted by Gasteiger charge is 2.17. The Morgan fingerprint density at radius 2 is 1.63 bits per heavy atom. The van der Waals surface area contributed by atoms with Crippen LogP contribution in [0.5, 0.6) is 0 Å². The molecule has 2 heteroatoms. The minimum Gasteiger partial charge on any atom is -0.253 e. The molecule has 2 aromatic rings. The zero-order valence-electron chi connectivity index (χ0n) is 12.9. The van der Waals surface area contributed by atoms with Crippen LogP contribution in [0.2, 0.25) is 0 Å². The van der Waals surface area contributed by atoms with Gasteiger partial charge in [0.1, 0.15) is 0 Å².